The van der Waals surface area contributed by atoms with Crippen molar-refractivity contribution in [3.05, 3.63) is 143 Å². The van der Waals surface area contributed by atoms with Crippen LogP contribution in [0.15, 0.2) is 121 Å². The maximum Gasteiger partial charge on any atom is 0.488 e. The number of amides is 2. The molecule has 6 atom stereocenters. The summed E-state index contributed by atoms with van der Waals surface area (Å²) in [5.74, 6) is -4.69. The topological polar surface area (TPSA) is 132 Å². The van der Waals surface area contributed by atoms with E-state index in [1.54, 1.807) is 31.2 Å². The Bertz CT molecular complexity index is 2140. The van der Waals surface area contributed by atoms with Crippen LogP contribution in [0.3, 0.4) is 0 Å². The molecule has 0 radical (unpaired) electrons. The molecule has 50 heavy (non-hydrogen) atoms. The largest absolute Gasteiger partial charge is 0.508 e. The molecule has 4 aromatic rings. The first-order valence-electron chi connectivity index (χ1n) is 16.9. The van der Waals surface area contributed by atoms with Gasteiger partial charge >= 0.3 is 7.12 Å². The summed E-state index contributed by atoms with van der Waals surface area (Å²) in [7, 11) is -1.78. The number of anilines is 1. The van der Waals surface area contributed by atoms with Crippen LogP contribution in [-0.2, 0) is 24.6 Å². The lowest BCUT2D eigenvalue weighted by Gasteiger charge is -2.55. The van der Waals surface area contributed by atoms with Crippen molar-refractivity contribution in [1.29, 1.82) is 0 Å². The van der Waals surface area contributed by atoms with Gasteiger partial charge < -0.3 is 15.2 Å². The molecule has 4 aliphatic rings. The summed E-state index contributed by atoms with van der Waals surface area (Å²) in [6, 6.07) is 29.8. The summed E-state index contributed by atoms with van der Waals surface area (Å²) in [5.41, 5.74) is 2.87. The molecule has 2 amide bonds. The smallest absolute Gasteiger partial charge is 0.488 e. The van der Waals surface area contributed by atoms with Gasteiger partial charge in [0, 0.05) is 17.4 Å². The summed E-state index contributed by atoms with van der Waals surface area (Å²) in [6.45, 7) is 1.78. The Labute approximate surface area is 289 Å². The van der Waals surface area contributed by atoms with Crippen molar-refractivity contribution in [2.24, 2.45) is 23.7 Å². The number of carbonyl (C=O) groups is 4. The number of aromatic hydroxyl groups is 1. The van der Waals surface area contributed by atoms with Gasteiger partial charge in [-0.1, -0.05) is 96.6 Å². The first-order valence-corrected chi connectivity index (χ1v) is 16.9. The zero-order valence-electron chi connectivity index (χ0n) is 27.3. The molecule has 3 N–H and O–H groups in total. The van der Waals surface area contributed by atoms with Crippen molar-refractivity contribution >= 4 is 47.2 Å². The first kappa shape index (κ1) is 31.9. The average molecular weight is 664 g/mol. The molecule has 0 bridgehead atoms. The molecule has 1 aliphatic heterocycles. The van der Waals surface area contributed by atoms with Gasteiger partial charge in [-0.3, -0.25) is 24.1 Å². The maximum absolute atomic E-state index is 15.1. The number of allylic oxidation sites excluding steroid dienone is 4. The van der Waals surface area contributed by atoms with Gasteiger partial charge in [0.1, 0.15) is 5.75 Å². The number of hydrogen-bond donors (Lipinski definition) is 3. The van der Waals surface area contributed by atoms with Gasteiger partial charge in [-0.15, -0.1) is 0 Å². The Morgan fingerprint density at radius 1 is 0.800 bits per heavy atom. The van der Waals surface area contributed by atoms with E-state index in [-0.39, 0.29) is 47.2 Å². The Morgan fingerprint density at radius 3 is 2.22 bits per heavy atom. The minimum Gasteiger partial charge on any atom is -0.508 e. The highest BCUT2D eigenvalue weighted by Crippen LogP contribution is 2.63. The van der Waals surface area contributed by atoms with Gasteiger partial charge in [0.15, 0.2) is 11.6 Å². The first-order chi connectivity index (χ1) is 24.1. The second kappa shape index (κ2) is 11.9. The second-order valence-electron chi connectivity index (χ2n) is 13.8. The zero-order valence-corrected chi connectivity index (χ0v) is 27.3. The number of phenolic OH excluding ortho intramolecular Hbond substituents is 1. The third-order valence-electron chi connectivity index (χ3n) is 11.4. The van der Waals surface area contributed by atoms with Crippen LogP contribution in [-0.4, -0.2) is 45.7 Å². The molecule has 1 saturated carbocycles. The van der Waals surface area contributed by atoms with Crippen molar-refractivity contribution in [3.63, 3.8) is 0 Å². The molecule has 0 aromatic heterocycles. The van der Waals surface area contributed by atoms with E-state index in [0.717, 1.165) is 16.0 Å². The van der Waals surface area contributed by atoms with Gasteiger partial charge in [0.05, 0.1) is 22.9 Å². The molecular weight excluding hydrogens is 629 g/mol. The number of Topliss-reactive ketones (excluding diaryl/α,β-unsaturated/α-hetero) is 1. The van der Waals surface area contributed by atoms with E-state index in [1.165, 1.54) is 18.2 Å². The van der Waals surface area contributed by atoms with Crippen molar-refractivity contribution < 1.29 is 34.3 Å². The molecule has 8 rings (SSSR count). The van der Waals surface area contributed by atoms with E-state index < -0.39 is 48.0 Å². The Kier molecular flexibility index (Phi) is 7.58. The molecule has 3 aliphatic carbocycles. The van der Waals surface area contributed by atoms with Crippen LogP contribution in [0.1, 0.15) is 41.0 Å². The van der Waals surface area contributed by atoms with E-state index in [2.05, 4.69) is 0 Å². The lowest BCUT2D eigenvalue weighted by molar-refractivity contribution is -0.135. The van der Waals surface area contributed by atoms with Crippen molar-refractivity contribution in [1.82, 2.24) is 0 Å². The summed E-state index contributed by atoms with van der Waals surface area (Å²) in [6.07, 6.45) is 3.92. The summed E-state index contributed by atoms with van der Waals surface area (Å²) >= 11 is 0. The Morgan fingerprint density at radius 2 is 1.52 bits per heavy atom. The Balaban J connectivity index is 1.34. The fraction of sp³-hybridized carbons (Fsp3) is 0.220. The van der Waals surface area contributed by atoms with Crippen molar-refractivity contribution in [3.8, 4) is 5.75 Å². The maximum atomic E-state index is 15.1. The van der Waals surface area contributed by atoms with E-state index in [1.807, 2.05) is 72.8 Å². The lowest BCUT2D eigenvalue weighted by Crippen LogP contribution is -2.58. The van der Waals surface area contributed by atoms with Crippen molar-refractivity contribution in [2.75, 3.05) is 4.90 Å². The minimum absolute atomic E-state index is 0.101. The quantitative estimate of drug-likeness (QED) is 0.164. The third-order valence-corrected chi connectivity index (χ3v) is 11.4. The molecule has 1 saturated heterocycles. The van der Waals surface area contributed by atoms with Crippen LogP contribution in [0.5, 0.6) is 5.75 Å². The number of ketones is 2. The monoisotopic (exact) mass is 663 g/mol. The third kappa shape index (κ3) is 4.61. The summed E-state index contributed by atoms with van der Waals surface area (Å²) in [5, 5.41) is 30.2. The molecule has 0 spiro atoms. The summed E-state index contributed by atoms with van der Waals surface area (Å²) < 4.78 is 0. The number of rotatable bonds is 5. The number of hydrogen-bond acceptors (Lipinski definition) is 7. The van der Waals surface area contributed by atoms with Gasteiger partial charge in [-0.05, 0) is 77.7 Å². The van der Waals surface area contributed by atoms with E-state index in [9.17, 15) is 29.5 Å². The molecule has 4 aromatic carbocycles. The normalized spacial score (nSPS) is 27.3. The van der Waals surface area contributed by atoms with E-state index in [0.29, 0.717) is 22.3 Å². The number of imide groups is 1. The molecular formula is C41H34BNO7. The highest BCUT2D eigenvalue weighted by molar-refractivity contribution is 6.58. The molecule has 9 heteroatoms. The molecule has 2 fully saturated rings. The highest BCUT2D eigenvalue weighted by Gasteiger charge is 2.66. The number of phenols is 1. The predicted molar refractivity (Wildman–Crippen MR) is 188 cm³/mol. The van der Waals surface area contributed by atoms with Crippen molar-refractivity contribution in [2.45, 2.75) is 31.1 Å². The van der Waals surface area contributed by atoms with Gasteiger partial charge in [0.25, 0.3) is 0 Å². The van der Waals surface area contributed by atoms with E-state index >= 15 is 4.79 Å². The molecule has 248 valence electrons. The number of nitrogens with zero attached hydrogens (tertiary/aromatic N) is 1. The fourth-order valence-electron chi connectivity index (χ4n) is 9.19. The molecule has 1 heterocycles. The predicted octanol–water partition coefficient (Wildman–Crippen LogP) is 4.41. The molecule has 8 nitrogen and oxygen atoms in total. The SMILES string of the molecule is Cc1cc([C@H]2C3=CC[C@@H]4C(=O)N(c5cccc(B(O)O)c5)C(=O)[C@@H]4[C@@H]3C[C@H]3C(=O)C(c4ccccc4)=CC(=O)[C@@]23c2ccccc2)ccc1O. The van der Waals surface area contributed by atoms with Crippen LogP contribution in [0.25, 0.3) is 5.57 Å². The van der Waals surface area contributed by atoms with Crippen LogP contribution in [0.4, 0.5) is 5.69 Å². The number of carbonyl (C=O) groups excluding carboxylic acids is 4. The minimum atomic E-state index is -1.78. The number of fused-ring (bicyclic) bond motifs is 4. The van der Waals surface area contributed by atoms with E-state index in [4.69, 9.17) is 0 Å². The van der Waals surface area contributed by atoms with Crippen LogP contribution in [0, 0.1) is 30.6 Å². The fourth-order valence-corrected chi connectivity index (χ4v) is 9.19. The number of aryl methyl sites for hydroxylation is 1. The van der Waals surface area contributed by atoms with Gasteiger partial charge in [-0.25, -0.2) is 0 Å². The second-order valence-corrected chi connectivity index (χ2v) is 13.8. The average Bonchev–Trinajstić information content (AvgIpc) is 3.39. The molecule has 0 unspecified atom stereocenters. The highest BCUT2D eigenvalue weighted by atomic mass is 16.4. The van der Waals surface area contributed by atoms with Crippen LogP contribution >= 0.6 is 0 Å². The standard InChI is InChI=1S/C41H34BNO7/c1-23-19-25(15-18-34(23)44)37-29-16-17-30-36(40(48)43(39(30)47)28-14-8-13-27(20-28)42(49)50)32(29)21-33-38(46)31(24-9-4-2-5-10-24)22-35(45)41(33,37)26-11-6-3-7-12-26/h2-16,18-20,22,30,32-33,36-37,44,49-50H,17,21H2,1H3/t30-,32+,33-,36-,37-,41-/m0/s1. The lowest BCUT2D eigenvalue weighted by atomic mass is 9.44. The number of benzene rings is 4. The van der Waals surface area contributed by atoms with Crippen LogP contribution < -0.4 is 10.4 Å². The zero-order chi connectivity index (χ0) is 34.9. The summed E-state index contributed by atoms with van der Waals surface area (Å²) in [4.78, 5) is 59.8. The van der Waals surface area contributed by atoms with Gasteiger partial charge in [0.2, 0.25) is 11.8 Å². The van der Waals surface area contributed by atoms with Gasteiger partial charge in [-0.2, -0.15) is 0 Å². The van der Waals surface area contributed by atoms with Crippen LogP contribution in [0.2, 0.25) is 0 Å². The Hall–Kier alpha value is -5.38.